The molecule has 0 radical (unpaired) electrons. The first-order valence-corrected chi connectivity index (χ1v) is 7.93. The number of nitrogens with one attached hydrogen (secondary N) is 2. The van der Waals surface area contributed by atoms with E-state index in [9.17, 15) is 9.59 Å². The van der Waals surface area contributed by atoms with E-state index in [4.69, 9.17) is 4.74 Å². The Labute approximate surface area is 136 Å². The van der Waals surface area contributed by atoms with Crippen LogP contribution in [0, 0.1) is 5.92 Å². The first-order chi connectivity index (χ1) is 10.6. The van der Waals surface area contributed by atoms with Crippen LogP contribution in [0.3, 0.4) is 0 Å². The zero-order valence-electron chi connectivity index (χ0n) is 14.5. The fraction of sp³-hybridized carbons (Fsp3) is 0.688. The third kappa shape index (κ3) is 4.24. The molecule has 0 spiro atoms. The number of ether oxygens (including phenoxy) is 1. The van der Waals surface area contributed by atoms with E-state index >= 15 is 0 Å². The zero-order valence-corrected chi connectivity index (χ0v) is 14.5. The number of anilines is 1. The van der Waals surface area contributed by atoms with Gasteiger partial charge in [0.25, 0.3) is 0 Å². The summed E-state index contributed by atoms with van der Waals surface area (Å²) < 4.78 is 6.95. The summed E-state index contributed by atoms with van der Waals surface area (Å²) in [5.74, 6) is -0.0127. The highest BCUT2D eigenvalue weighted by Gasteiger charge is 2.47. The minimum Gasteiger partial charge on any atom is -0.444 e. The van der Waals surface area contributed by atoms with Gasteiger partial charge in [0.15, 0.2) is 5.82 Å². The molecule has 0 aliphatic heterocycles. The van der Waals surface area contributed by atoms with Crippen molar-refractivity contribution in [1.82, 2.24) is 15.1 Å². The number of hydrogen-bond donors (Lipinski definition) is 2. The lowest BCUT2D eigenvalue weighted by molar-refractivity contribution is -0.123. The predicted molar refractivity (Wildman–Crippen MR) is 87.0 cm³/mol. The molecule has 2 N–H and O–H groups in total. The van der Waals surface area contributed by atoms with E-state index in [1.54, 1.807) is 24.0 Å². The molecule has 2 rings (SSSR count). The molecule has 0 aromatic carbocycles. The molecule has 0 bridgehead atoms. The second kappa shape index (κ2) is 6.22. The minimum atomic E-state index is -0.561. The van der Waals surface area contributed by atoms with Gasteiger partial charge in [0, 0.05) is 19.3 Å². The van der Waals surface area contributed by atoms with Gasteiger partial charge >= 0.3 is 6.09 Å². The summed E-state index contributed by atoms with van der Waals surface area (Å²) in [6.07, 6.45) is 3.80. The molecule has 0 saturated heterocycles. The maximum atomic E-state index is 12.5. The Morgan fingerprint density at radius 3 is 2.48 bits per heavy atom. The fourth-order valence-electron chi connectivity index (χ4n) is 2.70. The van der Waals surface area contributed by atoms with E-state index in [1.165, 1.54) is 0 Å². The van der Waals surface area contributed by atoms with Crippen molar-refractivity contribution in [1.29, 1.82) is 0 Å². The summed E-state index contributed by atoms with van der Waals surface area (Å²) in [5.41, 5.74) is -1.10. The van der Waals surface area contributed by atoms with Gasteiger partial charge in [-0.2, -0.15) is 5.10 Å². The van der Waals surface area contributed by atoms with E-state index < -0.39 is 17.2 Å². The van der Waals surface area contributed by atoms with Crippen molar-refractivity contribution in [2.75, 3.05) is 5.32 Å². The summed E-state index contributed by atoms with van der Waals surface area (Å²) in [7, 11) is 1.79. The van der Waals surface area contributed by atoms with Crippen LogP contribution in [0.2, 0.25) is 0 Å². The fourth-order valence-corrected chi connectivity index (χ4v) is 2.70. The highest BCUT2D eigenvalue weighted by atomic mass is 16.6. The molecule has 1 aromatic heterocycles. The number of alkyl carbamates (subject to hydrolysis) is 1. The molecule has 1 aliphatic rings. The van der Waals surface area contributed by atoms with E-state index in [-0.39, 0.29) is 11.8 Å². The van der Waals surface area contributed by atoms with Crippen LogP contribution in [-0.2, 0) is 16.6 Å². The Bertz CT molecular complexity index is 584. The van der Waals surface area contributed by atoms with Gasteiger partial charge in [0.05, 0.1) is 11.5 Å². The summed E-state index contributed by atoms with van der Waals surface area (Å²) in [4.78, 5) is 24.6. The van der Waals surface area contributed by atoms with E-state index in [1.807, 2.05) is 27.7 Å². The molecular weight excluding hydrogens is 296 g/mol. The molecule has 1 saturated carbocycles. The van der Waals surface area contributed by atoms with Gasteiger partial charge in [0.1, 0.15) is 5.60 Å². The maximum Gasteiger partial charge on any atom is 0.408 e. The van der Waals surface area contributed by atoms with Gasteiger partial charge in [-0.05, 0) is 40.0 Å². The normalized spacial score (nSPS) is 17.8. The number of amides is 2. The van der Waals surface area contributed by atoms with E-state index in [0.717, 1.165) is 19.3 Å². The number of hydrogen-bond acceptors (Lipinski definition) is 4. The summed E-state index contributed by atoms with van der Waals surface area (Å²) in [6.45, 7) is 7.28. The van der Waals surface area contributed by atoms with Gasteiger partial charge in [-0.3, -0.25) is 9.48 Å². The van der Waals surface area contributed by atoms with Crippen molar-refractivity contribution in [3.05, 3.63) is 12.3 Å². The van der Waals surface area contributed by atoms with Crippen LogP contribution in [0.15, 0.2) is 12.3 Å². The van der Waals surface area contributed by atoms with E-state index in [2.05, 4.69) is 15.7 Å². The number of carbonyl (C=O) groups is 2. The third-order valence-corrected chi connectivity index (χ3v) is 4.18. The SMILES string of the molecule is CC(C(=O)Nc1ccn(C)n1)C1(NC(=O)OC(C)(C)C)CCC1. The Balaban J connectivity index is 2.00. The van der Waals surface area contributed by atoms with Crippen molar-refractivity contribution >= 4 is 17.8 Å². The molecule has 2 amide bonds. The quantitative estimate of drug-likeness (QED) is 0.891. The minimum absolute atomic E-state index is 0.153. The molecular formula is C16H26N4O3. The van der Waals surface area contributed by atoms with Crippen LogP contribution in [0.25, 0.3) is 0 Å². The van der Waals surface area contributed by atoms with Crippen molar-refractivity contribution in [2.45, 2.75) is 58.1 Å². The van der Waals surface area contributed by atoms with Crippen LogP contribution >= 0.6 is 0 Å². The molecule has 1 aliphatic carbocycles. The molecule has 1 atom stereocenters. The van der Waals surface area contributed by atoms with Crippen LogP contribution < -0.4 is 10.6 Å². The molecule has 1 unspecified atom stereocenters. The molecule has 1 fully saturated rings. The van der Waals surface area contributed by atoms with Crippen LogP contribution in [-0.4, -0.2) is 32.9 Å². The third-order valence-electron chi connectivity index (χ3n) is 4.18. The maximum absolute atomic E-state index is 12.5. The van der Waals surface area contributed by atoms with Gasteiger partial charge in [0.2, 0.25) is 5.91 Å². The Morgan fingerprint density at radius 2 is 2.04 bits per heavy atom. The van der Waals surface area contributed by atoms with Crippen molar-refractivity contribution in [3.63, 3.8) is 0 Å². The predicted octanol–water partition coefficient (Wildman–Crippen LogP) is 2.44. The Hall–Kier alpha value is -2.05. The molecule has 7 nitrogen and oxygen atoms in total. The standard InChI is InChI=1S/C16H26N4O3/c1-11(13(21)17-12-7-10-20(5)19-12)16(8-6-9-16)18-14(22)23-15(2,3)4/h7,10-11H,6,8-9H2,1-5H3,(H,18,22)(H,17,19,21). The average Bonchev–Trinajstić information content (AvgIpc) is 2.76. The van der Waals surface area contributed by atoms with Crippen LogP contribution in [0.5, 0.6) is 0 Å². The molecule has 23 heavy (non-hydrogen) atoms. The monoisotopic (exact) mass is 322 g/mol. The molecule has 128 valence electrons. The molecule has 7 heteroatoms. The molecule has 1 heterocycles. The Morgan fingerprint density at radius 1 is 1.39 bits per heavy atom. The van der Waals surface area contributed by atoms with Gasteiger partial charge in [-0.15, -0.1) is 0 Å². The second-order valence-corrected chi connectivity index (χ2v) is 7.22. The lowest BCUT2D eigenvalue weighted by Crippen LogP contribution is -2.61. The van der Waals surface area contributed by atoms with E-state index in [0.29, 0.717) is 5.82 Å². The number of aromatic nitrogens is 2. The van der Waals surface area contributed by atoms with Gasteiger partial charge in [-0.1, -0.05) is 6.92 Å². The van der Waals surface area contributed by atoms with Crippen molar-refractivity contribution in [2.24, 2.45) is 13.0 Å². The van der Waals surface area contributed by atoms with Crippen molar-refractivity contribution in [3.8, 4) is 0 Å². The number of aryl methyl sites for hydroxylation is 1. The van der Waals surface area contributed by atoms with Crippen LogP contribution in [0.4, 0.5) is 10.6 Å². The topological polar surface area (TPSA) is 85.3 Å². The number of carbonyl (C=O) groups excluding carboxylic acids is 2. The Kier molecular flexibility index (Phi) is 4.68. The largest absolute Gasteiger partial charge is 0.444 e. The van der Waals surface area contributed by atoms with Gasteiger partial charge < -0.3 is 15.4 Å². The smallest absolute Gasteiger partial charge is 0.408 e. The number of nitrogens with zero attached hydrogens (tertiary/aromatic N) is 2. The second-order valence-electron chi connectivity index (χ2n) is 7.22. The number of rotatable bonds is 4. The highest BCUT2D eigenvalue weighted by Crippen LogP contribution is 2.39. The lowest BCUT2D eigenvalue weighted by atomic mass is 9.68. The molecule has 1 aromatic rings. The highest BCUT2D eigenvalue weighted by molar-refractivity contribution is 5.92. The first kappa shape index (κ1) is 17.3. The summed E-state index contributed by atoms with van der Waals surface area (Å²) >= 11 is 0. The summed E-state index contributed by atoms with van der Waals surface area (Å²) in [6, 6.07) is 1.74. The van der Waals surface area contributed by atoms with Gasteiger partial charge in [-0.25, -0.2) is 4.79 Å². The zero-order chi connectivity index (χ0) is 17.3. The van der Waals surface area contributed by atoms with Crippen LogP contribution in [0.1, 0.15) is 47.0 Å². The first-order valence-electron chi connectivity index (χ1n) is 7.93. The summed E-state index contributed by atoms with van der Waals surface area (Å²) in [5, 5.41) is 9.85. The lowest BCUT2D eigenvalue weighted by Gasteiger charge is -2.46. The van der Waals surface area contributed by atoms with Crippen molar-refractivity contribution < 1.29 is 14.3 Å². The average molecular weight is 322 g/mol.